The van der Waals surface area contributed by atoms with Crippen molar-refractivity contribution in [2.75, 3.05) is 39.3 Å². The summed E-state index contributed by atoms with van der Waals surface area (Å²) < 4.78 is 33.5. The maximum atomic E-state index is 12.8. The molecule has 0 aliphatic carbocycles. The first-order valence-corrected chi connectivity index (χ1v) is 13.9. The second kappa shape index (κ2) is 11.6. The SMILES string of the molecule is CC1CCN(C(=O)CCc2nc(CN3CCN(S(=O)(=O)c4ccc(Br)s4)CC3)no2)CC1.Cl. The first-order valence-electron chi connectivity index (χ1n) is 10.9. The molecule has 0 radical (unpaired) electrons. The molecule has 33 heavy (non-hydrogen) atoms. The number of carbonyl (C=O) groups excluding carboxylic acids is 1. The number of hydrogen-bond donors (Lipinski definition) is 0. The minimum Gasteiger partial charge on any atom is -0.343 e. The van der Waals surface area contributed by atoms with Crippen LogP contribution in [0.2, 0.25) is 0 Å². The lowest BCUT2D eigenvalue weighted by molar-refractivity contribution is -0.132. The summed E-state index contributed by atoms with van der Waals surface area (Å²) in [5.41, 5.74) is 0. The van der Waals surface area contributed by atoms with Crippen molar-refractivity contribution in [3.05, 3.63) is 27.6 Å². The summed E-state index contributed by atoms with van der Waals surface area (Å²) in [5, 5.41) is 4.04. The van der Waals surface area contributed by atoms with Crippen LogP contribution in [0, 0.1) is 5.92 Å². The standard InChI is InChI=1S/C20H28BrN5O4S2.ClH/c1-15-6-8-25(9-7-15)19(27)4-3-18-22-17(23-30-18)14-24-10-12-26(13-11-24)32(28,29)20-5-2-16(21)31-20;/h2,5,15H,3-4,6-14H2,1H3;1H. The number of nitrogens with zero attached hydrogens (tertiary/aromatic N) is 5. The highest BCUT2D eigenvalue weighted by atomic mass is 79.9. The Morgan fingerprint density at radius 1 is 1.18 bits per heavy atom. The number of sulfonamides is 1. The average Bonchev–Trinajstić information content (AvgIpc) is 3.42. The molecule has 4 rings (SSSR count). The molecule has 0 N–H and O–H groups in total. The lowest BCUT2D eigenvalue weighted by atomic mass is 9.99. The number of likely N-dealkylation sites (tertiary alicyclic amines) is 1. The zero-order chi connectivity index (χ0) is 22.7. The van der Waals surface area contributed by atoms with Crippen molar-refractivity contribution in [1.82, 2.24) is 24.2 Å². The van der Waals surface area contributed by atoms with Gasteiger partial charge in [0.05, 0.1) is 10.3 Å². The third-order valence-electron chi connectivity index (χ3n) is 6.04. The van der Waals surface area contributed by atoms with Gasteiger partial charge in [-0.2, -0.15) is 9.29 Å². The van der Waals surface area contributed by atoms with Crippen molar-refractivity contribution in [2.45, 2.75) is 43.4 Å². The maximum Gasteiger partial charge on any atom is 0.252 e. The lowest BCUT2D eigenvalue weighted by Gasteiger charge is -2.32. The molecule has 2 aromatic rings. The largest absolute Gasteiger partial charge is 0.343 e. The van der Waals surface area contributed by atoms with Gasteiger partial charge >= 0.3 is 0 Å². The molecule has 2 aliphatic rings. The van der Waals surface area contributed by atoms with E-state index >= 15 is 0 Å². The number of halogens is 2. The van der Waals surface area contributed by atoms with Gasteiger partial charge in [-0.3, -0.25) is 9.69 Å². The summed E-state index contributed by atoms with van der Waals surface area (Å²) >= 11 is 4.55. The summed E-state index contributed by atoms with van der Waals surface area (Å²) in [6, 6.07) is 3.38. The Morgan fingerprint density at radius 2 is 1.88 bits per heavy atom. The number of hydrogen-bond acceptors (Lipinski definition) is 8. The van der Waals surface area contributed by atoms with Crippen molar-refractivity contribution < 1.29 is 17.7 Å². The molecule has 0 atom stereocenters. The van der Waals surface area contributed by atoms with E-state index in [2.05, 4.69) is 37.9 Å². The predicted octanol–water partition coefficient (Wildman–Crippen LogP) is 3.01. The minimum absolute atomic E-state index is 0. The third kappa shape index (κ3) is 6.76. The van der Waals surface area contributed by atoms with Gasteiger partial charge in [-0.25, -0.2) is 8.42 Å². The first-order chi connectivity index (χ1) is 15.3. The Morgan fingerprint density at radius 3 is 2.52 bits per heavy atom. The van der Waals surface area contributed by atoms with Crippen LogP contribution in [0.15, 0.2) is 24.7 Å². The molecule has 1 amide bonds. The number of carbonyl (C=O) groups is 1. The molecule has 0 unspecified atom stereocenters. The van der Waals surface area contributed by atoms with Crippen molar-refractivity contribution in [1.29, 1.82) is 0 Å². The summed E-state index contributed by atoms with van der Waals surface area (Å²) in [6.45, 7) is 6.44. The number of piperazine rings is 1. The van der Waals surface area contributed by atoms with E-state index < -0.39 is 10.0 Å². The van der Waals surface area contributed by atoms with Gasteiger partial charge in [0.25, 0.3) is 10.0 Å². The molecule has 2 saturated heterocycles. The van der Waals surface area contributed by atoms with Gasteiger partial charge in [0, 0.05) is 52.1 Å². The molecule has 184 valence electrons. The van der Waals surface area contributed by atoms with E-state index in [9.17, 15) is 13.2 Å². The second-order valence-corrected chi connectivity index (χ2v) is 13.0. The van der Waals surface area contributed by atoms with Crippen molar-refractivity contribution >= 4 is 55.6 Å². The zero-order valence-corrected chi connectivity index (χ0v) is 22.5. The molecule has 0 bridgehead atoms. The number of rotatable bonds is 7. The Bertz CT molecular complexity index is 1030. The number of piperidine rings is 1. The van der Waals surface area contributed by atoms with E-state index in [-0.39, 0.29) is 18.3 Å². The highest BCUT2D eigenvalue weighted by Crippen LogP contribution is 2.29. The average molecular weight is 583 g/mol. The van der Waals surface area contributed by atoms with Gasteiger partial charge in [0.2, 0.25) is 11.8 Å². The molecule has 2 aromatic heterocycles. The number of thiophene rings is 1. The minimum atomic E-state index is -3.45. The normalized spacial score (nSPS) is 18.9. The van der Waals surface area contributed by atoms with Gasteiger partial charge in [0.15, 0.2) is 5.82 Å². The highest BCUT2D eigenvalue weighted by Gasteiger charge is 2.30. The molecule has 0 saturated carbocycles. The fraction of sp³-hybridized carbons (Fsp3) is 0.650. The van der Waals surface area contributed by atoms with Gasteiger partial charge in [-0.05, 0) is 46.8 Å². The molecular formula is C20H29BrClN5O4S2. The van der Waals surface area contributed by atoms with Crippen LogP contribution >= 0.6 is 39.7 Å². The maximum absolute atomic E-state index is 12.8. The highest BCUT2D eigenvalue weighted by molar-refractivity contribution is 9.11. The summed E-state index contributed by atoms with van der Waals surface area (Å²) in [7, 11) is -3.45. The van der Waals surface area contributed by atoms with Crippen LogP contribution in [-0.2, 0) is 27.8 Å². The van der Waals surface area contributed by atoms with Crippen molar-refractivity contribution in [3.63, 3.8) is 0 Å². The van der Waals surface area contributed by atoms with E-state index in [1.165, 1.54) is 15.6 Å². The van der Waals surface area contributed by atoms with Crippen LogP contribution < -0.4 is 0 Å². The van der Waals surface area contributed by atoms with E-state index in [4.69, 9.17) is 4.52 Å². The van der Waals surface area contributed by atoms with Gasteiger partial charge in [-0.1, -0.05) is 12.1 Å². The summed E-state index contributed by atoms with van der Waals surface area (Å²) in [6.07, 6.45) is 2.96. The van der Waals surface area contributed by atoms with Crippen LogP contribution in [-0.4, -0.2) is 77.8 Å². The van der Waals surface area contributed by atoms with E-state index in [1.807, 2.05) is 4.90 Å². The number of amides is 1. The predicted molar refractivity (Wildman–Crippen MR) is 131 cm³/mol. The summed E-state index contributed by atoms with van der Waals surface area (Å²) in [5.74, 6) is 1.88. The fourth-order valence-corrected chi connectivity index (χ4v) is 7.56. The molecule has 2 fully saturated rings. The molecule has 0 spiro atoms. The molecule has 4 heterocycles. The number of aryl methyl sites for hydroxylation is 1. The lowest BCUT2D eigenvalue weighted by Crippen LogP contribution is -2.48. The molecule has 9 nitrogen and oxygen atoms in total. The monoisotopic (exact) mass is 581 g/mol. The Kier molecular flexibility index (Phi) is 9.32. The van der Waals surface area contributed by atoms with Crippen LogP contribution in [0.3, 0.4) is 0 Å². The van der Waals surface area contributed by atoms with Crippen LogP contribution in [0.4, 0.5) is 0 Å². The Hall–Kier alpha value is -1.05. The molecule has 13 heteroatoms. The topological polar surface area (TPSA) is 99.9 Å². The van der Waals surface area contributed by atoms with Gasteiger partial charge < -0.3 is 9.42 Å². The second-order valence-electron chi connectivity index (χ2n) is 8.41. The first kappa shape index (κ1) is 26.6. The third-order valence-corrected chi connectivity index (χ3v) is 10.0. The van der Waals surface area contributed by atoms with Crippen LogP contribution in [0.1, 0.15) is 37.9 Å². The van der Waals surface area contributed by atoms with E-state index in [1.54, 1.807) is 12.1 Å². The Labute approximate surface area is 213 Å². The van der Waals surface area contributed by atoms with Gasteiger partial charge in [-0.15, -0.1) is 23.7 Å². The van der Waals surface area contributed by atoms with E-state index in [0.29, 0.717) is 67.4 Å². The zero-order valence-electron chi connectivity index (χ0n) is 18.5. The van der Waals surface area contributed by atoms with Crippen LogP contribution in [0.25, 0.3) is 0 Å². The van der Waals surface area contributed by atoms with Crippen LogP contribution in [0.5, 0.6) is 0 Å². The van der Waals surface area contributed by atoms with Gasteiger partial charge in [0.1, 0.15) is 4.21 Å². The molecule has 0 aromatic carbocycles. The van der Waals surface area contributed by atoms with Crippen molar-refractivity contribution in [2.24, 2.45) is 5.92 Å². The number of aromatic nitrogens is 2. The van der Waals surface area contributed by atoms with E-state index in [0.717, 1.165) is 29.7 Å². The summed E-state index contributed by atoms with van der Waals surface area (Å²) in [4.78, 5) is 20.9. The Balaban J connectivity index is 0.00000306. The molecular weight excluding hydrogens is 554 g/mol. The smallest absolute Gasteiger partial charge is 0.252 e. The quantitative estimate of drug-likeness (QED) is 0.495. The van der Waals surface area contributed by atoms with Crippen molar-refractivity contribution in [3.8, 4) is 0 Å². The fourth-order valence-electron chi connectivity index (χ4n) is 3.98. The molecule has 2 aliphatic heterocycles.